The average molecular weight is 366 g/mol. The lowest BCUT2D eigenvalue weighted by Crippen LogP contribution is -2.41. The predicted octanol–water partition coefficient (Wildman–Crippen LogP) is 3.00. The lowest BCUT2D eigenvalue weighted by atomic mass is 10.2. The normalized spacial score (nSPS) is 18.2. The van der Waals surface area contributed by atoms with E-state index in [2.05, 4.69) is 9.88 Å². The maximum Gasteiger partial charge on any atom is 0.272 e. The molecule has 2 saturated heterocycles. The number of morpholine rings is 1. The lowest BCUT2D eigenvalue weighted by molar-refractivity contribution is 0.0299. The fourth-order valence-electron chi connectivity index (χ4n) is 3.65. The van der Waals surface area contributed by atoms with Gasteiger partial charge in [-0.2, -0.15) is 0 Å². The predicted molar refractivity (Wildman–Crippen MR) is 105 cm³/mol. The largest absolute Gasteiger partial charge is 0.378 e. The van der Waals surface area contributed by atoms with Crippen LogP contribution in [0.5, 0.6) is 0 Å². The van der Waals surface area contributed by atoms with Crippen LogP contribution in [0.2, 0.25) is 0 Å². The highest BCUT2D eigenvalue weighted by Crippen LogP contribution is 2.23. The van der Waals surface area contributed by atoms with Gasteiger partial charge >= 0.3 is 0 Å². The summed E-state index contributed by atoms with van der Waals surface area (Å²) >= 11 is 0. The van der Waals surface area contributed by atoms with Crippen molar-refractivity contribution in [2.45, 2.75) is 25.7 Å². The van der Waals surface area contributed by atoms with Crippen LogP contribution in [0, 0.1) is 0 Å². The molecular weight excluding hydrogens is 340 g/mol. The van der Waals surface area contributed by atoms with Gasteiger partial charge in [0.1, 0.15) is 11.5 Å². The maximum atomic E-state index is 13.0. The third-order valence-electron chi connectivity index (χ3n) is 5.19. The number of ether oxygens (including phenoxy) is 1. The molecule has 6 nitrogen and oxygen atoms in total. The van der Waals surface area contributed by atoms with Gasteiger partial charge in [0, 0.05) is 37.8 Å². The molecular formula is C21H26N4O2. The Bertz CT molecular complexity index is 767. The Morgan fingerprint density at radius 1 is 0.889 bits per heavy atom. The van der Waals surface area contributed by atoms with Gasteiger partial charge in [-0.15, -0.1) is 0 Å². The molecule has 3 heterocycles. The van der Waals surface area contributed by atoms with Crippen LogP contribution in [-0.2, 0) is 4.74 Å². The molecule has 0 atom stereocenters. The zero-order valence-corrected chi connectivity index (χ0v) is 15.6. The first-order chi connectivity index (χ1) is 13.3. The van der Waals surface area contributed by atoms with Crippen molar-refractivity contribution < 1.29 is 9.53 Å². The first-order valence-corrected chi connectivity index (χ1v) is 9.88. The smallest absolute Gasteiger partial charge is 0.272 e. The summed E-state index contributed by atoms with van der Waals surface area (Å²) in [7, 11) is 0. The van der Waals surface area contributed by atoms with Gasteiger partial charge in [0.15, 0.2) is 5.82 Å². The van der Waals surface area contributed by atoms with Gasteiger partial charge < -0.3 is 14.5 Å². The molecule has 142 valence electrons. The third-order valence-corrected chi connectivity index (χ3v) is 5.19. The SMILES string of the molecule is O=C(c1cc(N2CCCCCC2)nc(-c2ccccc2)n1)N1CCOCC1. The van der Waals surface area contributed by atoms with E-state index < -0.39 is 0 Å². The van der Waals surface area contributed by atoms with E-state index in [4.69, 9.17) is 9.72 Å². The second-order valence-electron chi connectivity index (χ2n) is 7.11. The second kappa shape index (κ2) is 8.48. The molecule has 2 aliphatic heterocycles. The van der Waals surface area contributed by atoms with E-state index in [1.54, 1.807) is 0 Å². The minimum absolute atomic E-state index is 0.0334. The number of rotatable bonds is 3. The van der Waals surface area contributed by atoms with E-state index in [1.165, 1.54) is 12.8 Å². The summed E-state index contributed by atoms with van der Waals surface area (Å²) in [5, 5.41) is 0. The fraction of sp³-hybridized carbons (Fsp3) is 0.476. The van der Waals surface area contributed by atoms with Gasteiger partial charge in [0.2, 0.25) is 0 Å². The van der Waals surface area contributed by atoms with E-state index in [0.29, 0.717) is 37.8 Å². The molecule has 0 radical (unpaired) electrons. The van der Waals surface area contributed by atoms with E-state index >= 15 is 0 Å². The van der Waals surface area contributed by atoms with Crippen LogP contribution in [0.15, 0.2) is 36.4 Å². The number of carbonyl (C=O) groups is 1. The van der Waals surface area contributed by atoms with Crippen molar-refractivity contribution in [3.63, 3.8) is 0 Å². The van der Waals surface area contributed by atoms with Crippen molar-refractivity contribution in [1.82, 2.24) is 14.9 Å². The molecule has 0 aliphatic carbocycles. The van der Waals surface area contributed by atoms with Gasteiger partial charge in [-0.1, -0.05) is 43.2 Å². The molecule has 0 saturated carbocycles. The standard InChI is InChI=1S/C21H26N4O2/c26-21(25-12-14-27-15-13-25)18-16-19(24-10-6-1-2-7-11-24)23-20(22-18)17-8-4-3-5-9-17/h3-5,8-9,16H,1-2,6-7,10-15H2. The topological polar surface area (TPSA) is 58.6 Å². The maximum absolute atomic E-state index is 13.0. The van der Waals surface area contributed by atoms with Crippen molar-refractivity contribution in [2.75, 3.05) is 44.3 Å². The number of hydrogen-bond donors (Lipinski definition) is 0. The molecule has 2 aliphatic rings. The first kappa shape index (κ1) is 17.9. The summed E-state index contributed by atoms with van der Waals surface area (Å²) in [6.45, 7) is 4.36. The number of amides is 1. The van der Waals surface area contributed by atoms with Crippen LogP contribution in [0.1, 0.15) is 36.2 Å². The average Bonchev–Trinajstić information content (AvgIpc) is 3.04. The molecule has 2 fully saturated rings. The monoisotopic (exact) mass is 366 g/mol. The van der Waals surface area contributed by atoms with Crippen LogP contribution in [0.3, 0.4) is 0 Å². The summed E-state index contributed by atoms with van der Waals surface area (Å²) in [4.78, 5) is 26.6. The Morgan fingerprint density at radius 2 is 1.59 bits per heavy atom. The van der Waals surface area contributed by atoms with Gasteiger partial charge in [0.05, 0.1) is 13.2 Å². The summed E-state index contributed by atoms with van der Waals surface area (Å²) < 4.78 is 5.38. The number of nitrogens with zero attached hydrogens (tertiary/aromatic N) is 4. The third kappa shape index (κ3) is 4.27. The molecule has 1 aromatic carbocycles. The number of carbonyl (C=O) groups excluding carboxylic acids is 1. The Balaban J connectivity index is 1.70. The number of benzene rings is 1. The van der Waals surface area contributed by atoms with Crippen molar-refractivity contribution >= 4 is 11.7 Å². The molecule has 4 rings (SSSR count). The molecule has 6 heteroatoms. The summed E-state index contributed by atoms with van der Waals surface area (Å²) in [6.07, 6.45) is 4.84. The molecule has 0 bridgehead atoms. The molecule has 2 aromatic rings. The molecule has 0 spiro atoms. The van der Waals surface area contributed by atoms with Crippen LogP contribution in [0.25, 0.3) is 11.4 Å². The highest BCUT2D eigenvalue weighted by molar-refractivity contribution is 5.93. The van der Waals surface area contributed by atoms with E-state index in [9.17, 15) is 4.79 Å². The van der Waals surface area contributed by atoms with E-state index in [-0.39, 0.29) is 5.91 Å². The van der Waals surface area contributed by atoms with Gasteiger partial charge in [-0.25, -0.2) is 9.97 Å². The van der Waals surface area contributed by atoms with Crippen molar-refractivity contribution in [3.8, 4) is 11.4 Å². The highest BCUT2D eigenvalue weighted by Gasteiger charge is 2.23. The Labute approximate surface area is 160 Å². The minimum atomic E-state index is -0.0334. The number of anilines is 1. The van der Waals surface area contributed by atoms with Crippen LogP contribution < -0.4 is 4.90 Å². The highest BCUT2D eigenvalue weighted by atomic mass is 16.5. The molecule has 0 unspecified atom stereocenters. The fourth-order valence-corrected chi connectivity index (χ4v) is 3.65. The van der Waals surface area contributed by atoms with Crippen LogP contribution >= 0.6 is 0 Å². The first-order valence-electron chi connectivity index (χ1n) is 9.88. The summed E-state index contributed by atoms with van der Waals surface area (Å²) in [5.74, 6) is 1.45. The minimum Gasteiger partial charge on any atom is -0.378 e. The number of aromatic nitrogens is 2. The van der Waals surface area contributed by atoms with Crippen LogP contribution in [0.4, 0.5) is 5.82 Å². The van der Waals surface area contributed by atoms with Crippen molar-refractivity contribution in [3.05, 3.63) is 42.1 Å². The molecule has 1 aromatic heterocycles. The Hall–Kier alpha value is -2.47. The van der Waals surface area contributed by atoms with Crippen LogP contribution in [-0.4, -0.2) is 60.2 Å². The Kier molecular flexibility index (Phi) is 5.63. The number of hydrogen-bond acceptors (Lipinski definition) is 5. The van der Waals surface area contributed by atoms with E-state index in [1.807, 2.05) is 41.3 Å². The van der Waals surface area contributed by atoms with Gasteiger partial charge in [0.25, 0.3) is 5.91 Å². The van der Waals surface area contributed by atoms with Crippen molar-refractivity contribution in [1.29, 1.82) is 0 Å². The van der Waals surface area contributed by atoms with E-state index in [0.717, 1.165) is 37.3 Å². The zero-order valence-electron chi connectivity index (χ0n) is 15.6. The quantitative estimate of drug-likeness (QED) is 0.836. The molecule has 27 heavy (non-hydrogen) atoms. The summed E-state index contributed by atoms with van der Waals surface area (Å²) in [6, 6.07) is 11.8. The van der Waals surface area contributed by atoms with Crippen molar-refractivity contribution in [2.24, 2.45) is 0 Å². The second-order valence-corrected chi connectivity index (χ2v) is 7.11. The lowest BCUT2D eigenvalue weighted by Gasteiger charge is -2.27. The molecule has 1 amide bonds. The Morgan fingerprint density at radius 3 is 2.30 bits per heavy atom. The summed E-state index contributed by atoms with van der Waals surface area (Å²) in [5.41, 5.74) is 1.41. The molecule has 0 N–H and O–H groups in total. The zero-order chi connectivity index (χ0) is 18.5. The van der Waals surface area contributed by atoms with Gasteiger partial charge in [-0.05, 0) is 12.8 Å². The van der Waals surface area contributed by atoms with Gasteiger partial charge in [-0.3, -0.25) is 4.79 Å².